The summed E-state index contributed by atoms with van der Waals surface area (Å²) in [6.07, 6.45) is 0.911. The number of nitrogens with one attached hydrogen (secondary N) is 1. The SMILES string of the molecule is CS(=O)(=O)Nc1ccc([N+](=O)[O-])cc1O. The lowest BCUT2D eigenvalue weighted by Crippen LogP contribution is -2.09. The van der Waals surface area contributed by atoms with Gasteiger partial charge in [0.05, 0.1) is 22.9 Å². The molecular formula is C7H8N2O5S. The molecule has 0 aromatic heterocycles. The Hall–Kier alpha value is -1.83. The van der Waals surface area contributed by atoms with Crippen LogP contribution in [0.25, 0.3) is 0 Å². The minimum atomic E-state index is -3.51. The summed E-state index contributed by atoms with van der Waals surface area (Å²) in [6, 6.07) is 3.08. The predicted molar refractivity (Wildman–Crippen MR) is 53.2 cm³/mol. The monoisotopic (exact) mass is 232 g/mol. The van der Waals surface area contributed by atoms with E-state index in [2.05, 4.69) is 0 Å². The van der Waals surface area contributed by atoms with E-state index in [9.17, 15) is 23.6 Å². The van der Waals surface area contributed by atoms with Crippen LogP contribution in [0, 0.1) is 10.1 Å². The number of phenolic OH excluding ortho intramolecular Hbond substituents is 1. The van der Waals surface area contributed by atoms with Crippen molar-refractivity contribution in [3.8, 4) is 5.75 Å². The fourth-order valence-electron chi connectivity index (χ4n) is 0.920. The Morgan fingerprint density at radius 3 is 2.47 bits per heavy atom. The number of hydrogen-bond acceptors (Lipinski definition) is 5. The Balaban J connectivity index is 3.09. The molecule has 0 atom stereocenters. The van der Waals surface area contributed by atoms with Gasteiger partial charge in [-0.25, -0.2) is 8.42 Å². The Morgan fingerprint density at radius 2 is 2.07 bits per heavy atom. The van der Waals surface area contributed by atoms with Crippen molar-refractivity contribution in [3.05, 3.63) is 28.3 Å². The summed E-state index contributed by atoms with van der Waals surface area (Å²) in [5.74, 6) is -0.491. The highest BCUT2D eigenvalue weighted by Crippen LogP contribution is 2.28. The van der Waals surface area contributed by atoms with E-state index in [-0.39, 0.29) is 11.4 Å². The first kappa shape index (κ1) is 11.2. The highest BCUT2D eigenvalue weighted by atomic mass is 32.2. The van der Waals surface area contributed by atoms with Crippen LogP contribution in [0.1, 0.15) is 0 Å². The molecule has 0 fully saturated rings. The first-order valence-electron chi connectivity index (χ1n) is 3.75. The molecule has 0 saturated carbocycles. The fourth-order valence-corrected chi connectivity index (χ4v) is 1.49. The second-order valence-corrected chi connectivity index (χ2v) is 4.58. The number of nitrogens with zero attached hydrogens (tertiary/aromatic N) is 1. The van der Waals surface area contributed by atoms with Crippen LogP contribution >= 0.6 is 0 Å². The van der Waals surface area contributed by atoms with Gasteiger partial charge in [-0.2, -0.15) is 0 Å². The quantitative estimate of drug-likeness (QED) is 0.452. The molecule has 0 aliphatic heterocycles. The van der Waals surface area contributed by atoms with E-state index < -0.39 is 20.7 Å². The number of rotatable bonds is 3. The molecule has 8 heteroatoms. The van der Waals surface area contributed by atoms with Crippen LogP contribution in [0.3, 0.4) is 0 Å². The van der Waals surface area contributed by atoms with Crippen molar-refractivity contribution in [1.29, 1.82) is 0 Å². The van der Waals surface area contributed by atoms with Gasteiger partial charge in [-0.1, -0.05) is 0 Å². The lowest BCUT2D eigenvalue weighted by molar-refractivity contribution is -0.384. The van der Waals surface area contributed by atoms with Gasteiger partial charge < -0.3 is 5.11 Å². The largest absolute Gasteiger partial charge is 0.505 e. The minimum Gasteiger partial charge on any atom is -0.505 e. The smallest absolute Gasteiger partial charge is 0.273 e. The van der Waals surface area contributed by atoms with Crippen LogP contribution in [0.2, 0.25) is 0 Å². The Kier molecular flexibility index (Phi) is 2.80. The van der Waals surface area contributed by atoms with E-state index in [1.807, 2.05) is 4.72 Å². The van der Waals surface area contributed by atoms with Crippen LogP contribution < -0.4 is 4.72 Å². The molecule has 0 unspecified atom stereocenters. The molecular weight excluding hydrogens is 224 g/mol. The van der Waals surface area contributed by atoms with Crippen molar-refractivity contribution in [3.63, 3.8) is 0 Å². The zero-order chi connectivity index (χ0) is 11.6. The molecule has 0 aliphatic carbocycles. The van der Waals surface area contributed by atoms with Crippen LogP contribution in [-0.4, -0.2) is 24.7 Å². The van der Waals surface area contributed by atoms with E-state index in [0.717, 1.165) is 24.5 Å². The summed E-state index contributed by atoms with van der Waals surface area (Å²) in [4.78, 5) is 9.61. The number of anilines is 1. The third-order valence-corrected chi connectivity index (χ3v) is 2.08. The molecule has 82 valence electrons. The average molecular weight is 232 g/mol. The fraction of sp³-hybridized carbons (Fsp3) is 0.143. The third kappa shape index (κ3) is 3.09. The zero-order valence-corrected chi connectivity index (χ0v) is 8.48. The number of phenols is 1. The van der Waals surface area contributed by atoms with Gasteiger partial charge in [-0.05, 0) is 6.07 Å². The van der Waals surface area contributed by atoms with Gasteiger partial charge in [0.15, 0.2) is 0 Å². The van der Waals surface area contributed by atoms with E-state index >= 15 is 0 Å². The van der Waals surface area contributed by atoms with Crippen LogP contribution in [0.4, 0.5) is 11.4 Å². The molecule has 0 spiro atoms. The van der Waals surface area contributed by atoms with Gasteiger partial charge in [0.2, 0.25) is 10.0 Å². The van der Waals surface area contributed by atoms with E-state index in [1.165, 1.54) is 0 Å². The number of aromatic hydroxyl groups is 1. The van der Waals surface area contributed by atoms with Gasteiger partial charge in [-0.3, -0.25) is 14.8 Å². The highest BCUT2D eigenvalue weighted by Gasteiger charge is 2.12. The summed E-state index contributed by atoms with van der Waals surface area (Å²) in [6.45, 7) is 0. The third-order valence-electron chi connectivity index (χ3n) is 1.49. The van der Waals surface area contributed by atoms with Crippen molar-refractivity contribution in [2.75, 3.05) is 11.0 Å². The maximum Gasteiger partial charge on any atom is 0.273 e. The number of benzene rings is 1. The van der Waals surface area contributed by atoms with Crippen molar-refractivity contribution in [2.24, 2.45) is 0 Å². The zero-order valence-electron chi connectivity index (χ0n) is 7.67. The minimum absolute atomic E-state index is 0.0944. The Morgan fingerprint density at radius 1 is 1.47 bits per heavy atom. The first-order chi connectivity index (χ1) is 6.79. The molecule has 0 saturated heterocycles. The Labute approximate surface area is 85.6 Å². The first-order valence-corrected chi connectivity index (χ1v) is 5.64. The summed E-state index contributed by atoms with van der Waals surface area (Å²) < 4.78 is 23.6. The van der Waals surface area contributed by atoms with Crippen molar-refractivity contribution in [1.82, 2.24) is 0 Å². The maximum absolute atomic E-state index is 10.8. The predicted octanol–water partition coefficient (Wildman–Crippen LogP) is 0.672. The van der Waals surface area contributed by atoms with Gasteiger partial charge in [-0.15, -0.1) is 0 Å². The molecule has 1 rings (SSSR count). The van der Waals surface area contributed by atoms with Crippen molar-refractivity contribution < 1.29 is 18.4 Å². The Bertz CT molecular complexity index is 496. The average Bonchev–Trinajstić information content (AvgIpc) is 2.05. The van der Waals surface area contributed by atoms with Crippen molar-refractivity contribution in [2.45, 2.75) is 0 Å². The number of sulfonamides is 1. The summed E-state index contributed by atoms with van der Waals surface area (Å²) >= 11 is 0. The van der Waals surface area contributed by atoms with Crippen LogP contribution in [-0.2, 0) is 10.0 Å². The standard InChI is InChI=1S/C7H8N2O5S/c1-15(13,14)8-6-3-2-5(9(11)12)4-7(6)10/h2-4,8,10H,1H3. The number of non-ortho nitro benzene ring substituents is 1. The molecule has 1 aromatic rings. The van der Waals surface area contributed by atoms with E-state index in [0.29, 0.717) is 0 Å². The molecule has 0 bridgehead atoms. The lowest BCUT2D eigenvalue weighted by atomic mass is 10.3. The molecule has 0 heterocycles. The number of nitro benzene ring substituents is 1. The molecule has 0 radical (unpaired) electrons. The van der Waals surface area contributed by atoms with Crippen LogP contribution in [0.5, 0.6) is 5.75 Å². The molecule has 15 heavy (non-hydrogen) atoms. The van der Waals surface area contributed by atoms with Crippen molar-refractivity contribution >= 4 is 21.4 Å². The molecule has 7 nitrogen and oxygen atoms in total. The molecule has 1 aromatic carbocycles. The molecule has 0 amide bonds. The van der Waals surface area contributed by atoms with Crippen LogP contribution in [0.15, 0.2) is 18.2 Å². The number of nitro groups is 1. The van der Waals surface area contributed by atoms with Gasteiger partial charge >= 0.3 is 0 Å². The molecule has 0 aliphatic rings. The molecule has 2 N–H and O–H groups in total. The normalized spacial score (nSPS) is 11.0. The van der Waals surface area contributed by atoms with E-state index in [4.69, 9.17) is 0 Å². The lowest BCUT2D eigenvalue weighted by Gasteiger charge is -2.05. The summed E-state index contributed by atoms with van der Waals surface area (Å²) in [7, 11) is -3.51. The van der Waals surface area contributed by atoms with Gasteiger partial charge in [0, 0.05) is 6.07 Å². The second kappa shape index (κ2) is 3.73. The maximum atomic E-state index is 10.8. The van der Waals surface area contributed by atoms with E-state index in [1.54, 1.807) is 0 Å². The van der Waals surface area contributed by atoms with Gasteiger partial charge in [0.25, 0.3) is 5.69 Å². The highest BCUT2D eigenvalue weighted by molar-refractivity contribution is 7.92. The van der Waals surface area contributed by atoms with Gasteiger partial charge in [0.1, 0.15) is 5.75 Å². The second-order valence-electron chi connectivity index (χ2n) is 2.83. The summed E-state index contributed by atoms with van der Waals surface area (Å²) in [5, 5.41) is 19.6. The topological polar surface area (TPSA) is 110 Å². The summed E-state index contributed by atoms with van der Waals surface area (Å²) in [5.41, 5.74) is -0.408. The number of hydrogen-bond donors (Lipinski definition) is 2.